The Kier molecular flexibility index (Phi) is 0.884. The van der Waals surface area contributed by atoms with Crippen molar-refractivity contribution in [2.45, 2.75) is 12.2 Å². The molecule has 1 aliphatic heterocycles. The summed E-state index contributed by atoms with van der Waals surface area (Å²) in [6.07, 6.45) is 1.34. The lowest BCUT2D eigenvalue weighted by Crippen LogP contribution is -2.37. The fourth-order valence-electron chi connectivity index (χ4n) is 0.311. The van der Waals surface area contributed by atoms with Gasteiger partial charge in [-0.1, -0.05) is 0 Å². The van der Waals surface area contributed by atoms with Gasteiger partial charge in [0.05, 0.1) is 0 Å². The molecule has 1 heterocycles. The van der Waals surface area contributed by atoms with Crippen LogP contribution in [0, 0.1) is 0 Å². The van der Waals surface area contributed by atoms with Crippen LogP contribution in [-0.4, -0.2) is 12.3 Å². The van der Waals surface area contributed by atoms with Crippen LogP contribution in [0.15, 0.2) is 0 Å². The third kappa shape index (κ3) is 0.614. The van der Waals surface area contributed by atoms with Crippen molar-refractivity contribution in [3.8, 4) is 0 Å². The molecule has 0 amide bonds. The van der Waals surface area contributed by atoms with Crippen molar-refractivity contribution in [3.05, 3.63) is 0 Å². The van der Waals surface area contributed by atoms with E-state index in [4.69, 9.17) is 0 Å². The summed E-state index contributed by atoms with van der Waals surface area (Å²) in [4.78, 5) is 0. The molecule has 0 aromatic heterocycles. The normalized spacial score (nSPS) is 36.6. The van der Waals surface area contributed by atoms with Gasteiger partial charge >= 0.3 is 0 Å². The van der Waals surface area contributed by atoms with Gasteiger partial charge in [-0.3, -0.25) is 0 Å². The second-order valence-electron chi connectivity index (χ2n) is 1.35. The van der Waals surface area contributed by atoms with Gasteiger partial charge in [-0.15, -0.1) is 9.24 Å². The molecule has 0 saturated carbocycles. The molecule has 30 valence electrons. The minimum atomic E-state index is 0.731. The topological polar surface area (TPSA) is 12.0 Å². The Bertz CT molecular complexity index is 33.9. The average Bonchev–Trinajstić information content (AvgIpc) is 1.30. The van der Waals surface area contributed by atoms with Crippen molar-refractivity contribution < 1.29 is 0 Å². The maximum Gasteiger partial charge on any atom is 0.0223 e. The molecule has 0 radical (unpaired) electrons. The summed E-state index contributed by atoms with van der Waals surface area (Å²) < 4.78 is 0. The van der Waals surface area contributed by atoms with Gasteiger partial charge < -0.3 is 5.32 Å². The molecule has 1 saturated heterocycles. The molecule has 2 heteroatoms. The number of hydrogen-bond acceptors (Lipinski definition) is 1. The first kappa shape index (κ1) is 3.58. The Morgan fingerprint density at radius 2 is 2.20 bits per heavy atom. The summed E-state index contributed by atoms with van der Waals surface area (Å²) in [5.74, 6) is 0.731. The molecule has 1 rings (SSSR count). The zero-order valence-electron chi connectivity index (χ0n) is 3.07. The van der Waals surface area contributed by atoms with Gasteiger partial charge in [-0.05, 0) is 13.0 Å². The Balaban J connectivity index is 2.08. The number of rotatable bonds is 0. The number of nitrogens with one attached hydrogen (secondary N) is 1. The molecule has 0 bridgehead atoms. The third-order valence-corrected chi connectivity index (χ3v) is 1.43. The highest BCUT2D eigenvalue weighted by atomic mass is 31.0. The summed E-state index contributed by atoms with van der Waals surface area (Å²) in [6, 6.07) is 0. The summed E-state index contributed by atoms with van der Waals surface area (Å²) in [5, 5.41) is 3.17. The fourth-order valence-corrected chi connectivity index (χ4v) is 0.644. The van der Waals surface area contributed by atoms with E-state index in [9.17, 15) is 0 Å². The molecular formula is C3H8NP. The molecule has 0 aliphatic carbocycles. The zero-order chi connectivity index (χ0) is 3.70. The second-order valence-corrected chi connectivity index (χ2v) is 2.15. The summed E-state index contributed by atoms with van der Waals surface area (Å²) in [6.45, 7) is 1.22. The van der Waals surface area contributed by atoms with Crippen LogP contribution in [-0.2, 0) is 0 Å². The van der Waals surface area contributed by atoms with E-state index in [1.54, 1.807) is 0 Å². The molecule has 1 fully saturated rings. The zero-order valence-corrected chi connectivity index (χ0v) is 4.22. The predicted octanol–water partition coefficient (Wildman–Crippen LogP) is 0.181. The molecule has 1 unspecified atom stereocenters. The summed E-state index contributed by atoms with van der Waals surface area (Å²) in [7, 11) is 2.71. The van der Waals surface area contributed by atoms with Crippen LogP contribution in [0.1, 0.15) is 6.42 Å². The molecule has 0 aromatic rings. The highest BCUT2D eigenvalue weighted by molar-refractivity contribution is 7.17. The van der Waals surface area contributed by atoms with Gasteiger partial charge in [0.1, 0.15) is 0 Å². The standard InChI is InChI=1S/C3H8NP/c5-3-1-2-4-3/h3-4H,1-2,5H2/t3-/m0/s1. The molecule has 2 atom stereocenters. The van der Waals surface area contributed by atoms with E-state index >= 15 is 0 Å². The first-order chi connectivity index (χ1) is 2.39. The summed E-state index contributed by atoms with van der Waals surface area (Å²) >= 11 is 0. The van der Waals surface area contributed by atoms with Crippen molar-refractivity contribution in [2.75, 3.05) is 6.54 Å². The van der Waals surface area contributed by atoms with Crippen LogP contribution in [0.25, 0.3) is 0 Å². The molecule has 1 nitrogen and oxygen atoms in total. The second kappa shape index (κ2) is 1.24. The van der Waals surface area contributed by atoms with E-state index in [0.29, 0.717) is 0 Å². The smallest absolute Gasteiger partial charge is 0.0223 e. The van der Waals surface area contributed by atoms with Crippen LogP contribution in [0.2, 0.25) is 0 Å². The summed E-state index contributed by atoms with van der Waals surface area (Å²) in [5.41, 5.74) is 0. The van der Waals surface area contributed by atoms with Gasteiger partial charge in [0.25, 0.3) is 0 Å². The Morgan fingerprint density at radius 1 is 1.80 bits per heavy atom. The van der Waals surface area contributed by atoms with Crippen molar-refractivity contribution in [2.24, 2.45) is 0 Å². The van der Waals surface area contributed by atoms with Crippen molar-refractivity contribution >= 4 is 9.24 Å². The predicted molar refractivity (Wildman–Crippen MR) is 26.1 cm³/mol. The largest absolute Gasteiger partial charge is 0.311 e. The monoisotopic (exact) mass is 89.0 g/mol. The fraction of sp³-hybridized carbons (Fsp3) is 1.00. The highest BCUT2D eigenvalue weighted by Crippen LogP contribution is 2.07. The molecule has 5 heavy (non-hydrogen) atoms. The van der Waals surface area contributed by atoms with Gasteiger partial charge in [-0.25, -0.2) is 0 Å². The first-order valence-electron chi connectivity index (χ1n) is 1.88. The third-order valence-electron chi connectivity index (χ3n) is 0.862. The van der Waals surface area contributed by atoms with Crippen LogP contribution in [0.3, 0.4) is 0 Å². The van der Waals surface area contributed by atoms with Gasteiger partial charge in [0.2, 0.25) is 0 Å². The van der Waals surface area contributed by atoms with Crippen LogP contribution in [0.5, 0.6) is 0 Å². The lowest BCUT2D eigenvalue weighted by molar-refractivity contribution is 0.486. The van der Waals surface area contributed by atoms with E-state index < -0.39 is 0 Å². The van der Waals surface area contributed by atoms with Crippen molar-refractivity contribution in [1.29, 1.82) is 0 Å². The van der Waals surface area contributed by atoms with E-state index in [0.717, 1.165) is 5.78 Å². The van der Waals surface area contributed by atoms with E-state index in [1.165, 1.54) is 13.0 Å². The SMILES string of the molecule is P[C@H]1CCN1. The first-order valence-corrected chi connectivity index (χ1v) is 2.55. The van der Waals surface area contributed by atoms with E-state index in [-0.39, 0.29) is 0 Å². The van der Waals surface area contributed by atoms with Crippen molar-refractivity contribution in [3.63, 3.8) is 0 Å². The van der Waals surface area contributed by atoms with Crippen molar-refractivity contribution in [1.82, 2.24) is 5.32 Å². The lowest BCUT2D eigenvalue weighted by Gasteiger charge is -2.21. The minimum Gasteiger partial charge on any atom is -0.311 e. The van der Waals surface area contributed by atoms with Crippen LogP contribution >= 0.6 is 9.24 Å². The van der Waals surface area contributed by atoms with E-state index in [1.807, 2.05) is 0 Å². The molecule has 0 aromatic carbocycles. The van der Waals surface area contributed by atoms with Crippen LogP contribution in [0.4, 0.5) is 0 Å². The Hall–Kier alpha value is 0.390. The number of hydrogen-bond donors (Lipinski definition) is 1. The quantitative estimate of drug-likeness (QED) is 0.417. The van der Waals surface area contributed by atoms with Gasteiger partial charge in [0.15, 0.2) is 0 Å². The lowest BCUT2D eigenvalue weighted by atomic mass is 10.3. The van der Waals surface area contributed by atoms with Gasteiger partial charge in [0, 0.05) is 5.78 Å². The molecule has 0 spiro atoms. The average molecular weight is 89.1 g/mol. The van der Waals surface area contributed by atoms with Crippen LogP contribution < -0.4 is 5.32 Å². The van der Waals surface area contributed by atoms with E-state index in [2.05, 4.69) is 14.6 Å². The highest BCUT2D eigenvalue weighted by Gasteiger charge is 2.07. The molecule has 1 aliphatic rings. The Morgan fingerprint density at radius 3 is 2.20 bits per heavy atom. The molecule has 1 N–H and O–H groups in total. The minimum absolute atomic E-state index is 0.731. The van der Waals surface area contributed by atoms with Gasteiger partial charge in [-0.2, -0.15) is 0 Å². The maximum atomic E-state index is 3.17. The maximum absolute atomic E-state index is 3.17. The Labute approximate surface area is 34.3 Å². The molecular weight excluding hydrogens is 81.0 g/mol.